The highest BCUT2D eigenvalue weighted by Gasteiger charge is 2.45. The quantitative estimate of drug-likeness (QED) is 0.547. The average molecular weight is 377 g/mol. The van der Waals surface area contributed by atoms with Gasteiger partial charge in [0.1, 0.15) is 17.8 Å². The Kier molecular flexibility index (Phi) is 3.07. The van der Waals surface area contributed by atoms with Crippen LogP contribution in [0.4, 0.5) is 19.0 Å². The van der Waals surface area contributed by atoms with E-state index in [0.717, 1.165) is 4.68 Å². The highest BCUT2D eigenvalue weighted by Crippen LogP contribution is 2.40. The van der Waals surface area contributed by atoms with E-state index < -0.39 is 12.2 Å². The number of alkyl halides is 3. The minimum atomic E-state index is -4.38. The number of rotatable bonds is 1. The van der Waals surface area contributed by atoms with E-state index in [1.165, 1.54) is 16.9 Å². The molecule has 0 unspecified atom stereocenters. The maximum absolute atomic E-state index is 13.4. The molecular weight excluding hydrogens is 363 g/mol. The third-order valence-electron chi connectivity index (χ3n) is 4.68. The van der Waals surface area contributed by atoms with Crippen LogP contribution in [0.15, 0.2) is 18.6 Å². The second-order valence-corrected chi connectivity index (χ2v) is 6.65. The molecule has 140 valence electrons. The van der Waals surface area contributed by atoms with E-state index in [9.17, 15) is 13.2 Å². The van der Waals surface area contributed by atoms with Gasteiger partial charge in [0.05, 0.1) is 11.6 Å². The Morgan fingerprint density at radius 3 is 2.81 bits per heavy atom. The summed E-state index contributed by atoms with van der Waals surface area (Å²) in [5.74, 6) is 0.528. The summed E-state index contributed by atoms with van der Waals surface area (Å²) in [6.07, 6.45) is -1.36. The Morgan fingerprint density at radius 2 is 2.04 bits per heavy atom. The van der Waals surface area contributed by atoms with Crippen molar-refractivity contribution in [2.75, 3.05) is 5.32 Å². The van der Waals surface area contributed by atoms with Crippen molar-refractivity contribution in [1.29, 1.82) is 0 Å². The zero-order valence-electron chi connectivity index (χ0n) is 14.3. The molecule has 5 rings (SSSR count). The molecule has 4 aromatic heterocycles. The lowest BCUT2D eigenvalue weighted by Gasteiger charge is -2.31. The molecule has 1 aliphatic rings. The number of aryl methyl sites for hydroxylation is 1. The molecule has 0 aliphatic carbocycles. The molecular formula is C15H14F3N9. The van der Waals surface area contributed by atoms with Crippen LogP contribution in [0.5, 0.6) is 0 Å². The standard InChI is InChI=1S/C15H14F3N9/c1-7-3-10(15(16,17)18)27-11(21-7)4-9(23-27)12-22-14-8-5-20-25(2)13(8)19-6-26(14)24-12/h4-7,10,21H,3H2,1-2H3/t7-,10+/m0/s1. The molecule has 1 aliphatic heterocycles. The predicted octanol–water partition coefficient (Wildman–Crippen LogP) is 2.18. The van der Waals surface area contributed by atoms with Gasteiger partial charge in [0, 0.05) is 19.2 Å². The lowest BCUT2D eigenvalue weighted by molar-refractivity contribution is -0.173. The van der Waals surface area contributed by atoms with Crippen LogP contribution in [-0.4, -0.2) is 51.4 Å². The highest BCUT2D eigenvalue weighted by atomic mass is 19.4. The molecule has 0 saturated carbocycles. The summed E-state index contributed by atoms with van der Waals surface area (Å²) in [7, 11) is 1.76. The SMILES string of the molecule is C[C@H]1C[C@H](C(F)(F)F)n2nc(-c3nc4c5cnn(C)c5ncn4n3)cc2N1. The van der Waals surface area contributed by atoms with Gasteiger partial charge in [0.2, 0.25) is 5.82 Å². The van der Waals surface area contributed by atoms with Crippen LogP contribution in [0.1, 0.15) is 19.4 Å². The third-order valence-corrected chi connectivity index (χ3v) is 4.68. The maximum atomic E-state index is 13.4. The third kappa shape index (κ3) is 2.35. The Labute approximate surface area is 149 Å². The van der Waals surface area contributed by atoms with Crippen molar-refractivity contribution in [1.82, 2.24) is 39.1 Å². The molecule has 27 heavy (non-hydrogen) atoms. The van der Waals surface area contributed by atoms with Crippen LogP contribution in [0.25, 0.3) is 28.2 Å². The van der Waals surface area contributed by atoms with Crippen molar-refractivity contribution < 1.29 is 13.2 Å². The molecule has 0 saturated heterocycles. The van der Waals surface area contributed by atoms with Gasteiger partial charge in [-0.05, 0) is 13.3 Å². The first-order valence-corrected chi connectivity index (χ1v) is 8.27. The molecule has 12 heteroatoms. The summed E-state index contributed by atoms with van der Waals surface area (Å²) < 4.78 is 44.3. The number of hydrogen-bond donors (Lipinski definition) is 1. The normalized spacial score (nSPS) is 20.2. The van der Waals surface area contributed by atoms with Gasteiger partial charge in [-0.25, -0.2) is 19.2 Å². The van der Waals surface area contributed by atoms with Crippen molar-refractivity contribution in [2.45, 2.75) is 31.6 Å². The minimum Gasteiger partial charge on any atom is -0.368 e. The molecule has 5 heterocycles. The number of anilines is 1. The van der Waals surface area contributed by atoms with Gasteiger partial charge in [0.25, 0.3) is 0 Å². The molecule has 0 aromatic carbocycles. The van der Waals surface area contributed by atoms with E-state index in [4.69, 9.17) is 0 Å². The van der Waals surface area contributed by atoms with Crippen molar-refractivity contribution in [3.05, 3.63) is 18.6 Å². The number of nitrogens with one attached hydrogen (secondary N) is 1. The zero-order valence-corrected chi connectivity index (χ0v) is 14.3. The lowest BCUT2D eigenvalue weighted by Crippen LogP contribution is -2.37. The van der Waals surface area contributed by atoms with Gasteiger partial charge < -0.3 is 5.32 Å². The summed E-state index contributed by atoms with van der Waals surface area (Å²) in [6, 6.07) is -0.458. The second-order valence-electron chi connectivity index (χ2n) is 6.65. The fourth-order valence-electron chi connectivity index (χ4n) is 3.41. The number of aromatic nitrogens is 8. The molecule has 4 aromatic rings. The van der Waals surface area contributed by atoms with Gasteiger partial charge >= 0.3 is 6.18 Å². The predicted molar refractivity (Wildman–Crippen MR) is 89.1 cm³/mol. The maximum Gasteiger partial charge on any atom is 0.410 e. The van der Waals surface area contributed by atoms with Gasteiger partial charge in [-0.15, -0.1) is 5.10 Å². The van der Waals surface area contributed by atoms with Crippen molar-refractivity contribution in [2.24, 2.45) is 7.05 Å². The Balaban J connectivity index is 1.65. The first-order chi connectivity index (χ1) is 12.8. The van der Waals surface area contributed by atoms with Gasteiger partial charge in [0.15, 0.2) is 17.3 Å². The van der Waals surface area contributed by atoms with Crippen LogP contribution < -0.4 is 5.32 Å². The molecule has 1 N–H and O–H groups in total. The average Bonchev–Trinajstić information content (AvgIpc) is 3.28. The summed E-state index contributed by atoms with van der Waals surface area (Å²) >= 11 is 0. The first-order valence-electron chi connectivity index (χ1n) is 8.27. The molecule has 0 bridgehead atoms. The fourth-order valence-corrected chi connectivity index (χ4v) is 3.41. The lowest BCUT2D eigenvalue weighted by atomic mass is 10.1. The summed E-state index contributed by atoms with van der Waals surface area (Å²) in [4.78, 5) is 8.72. The summed E-state index contributed by atoms with van der Waals surface area (Å²) in [6.45, 7) is 1.71. The largest absolute Gasteiger partial charge is 0.410 e. The number of nitrogens with zero attached hydrogens (tertiary/aromatic N) is 8. The smallest absolute Gasteiger partial charge is 0.368 e. The van der Waals surface area contributed by atoms with Gasteiger partial charge in [-0.2, -0.15) is 23.4 Å². The molecule has 0 amide bonds. The van der Waals surface area contributed by atoms with Crippen LogP contribution >= 0.6 is 0 Å². The van der Waals surface area contributed by atoms with E-state index in [1.807, 2.05) is 0 Å². The second kappa shape index (κ2) is 5.18. The zero-order chi connectivity index (χ0) is 18.9. The van der Waals surface area contributed by atoms with E-state index in [0.29, 0.717) is 22.5 Å². The Bertz CT molecular complexity index is 1170. The van der Waals surface area contributed by atoms with E-state index >= 15 is 0 Å². The van der Waals surface area contributed by atoms with Crippen LogP contribution in [0.3, 0.4) is 0 Å². The Morgan fingerprint density at radius 1 is 1.22 bits per heavy atom. The number of halogens is 3. The summed E-state index contributed by atoms with van der Waals surface area (Å²) in [5, 5.41) is 16.3. The van der Waals surface area contributed by atoms with E-state index in [-0.39, 0.29) is 24.0 Å². The fraction of sp³-hybridized carbons (Fsp3) is 0.400. The van der Waals surface area contributed by atoms with Crippen LogP contribution in [-0.2, 0) is 7.05 Å². The van der Waals surface area contributed by atoms with Crippen molar-refractivity contribution in [3.8, 4) is 11.5 Å². The molecule has 0 fully saturated rings. The first kappa shape index (κ1) is 16.0. The van der Waals surface area contributed by atoms with Gasteiger partial charge in [-0.3, -0.25) is 4.68 Å². The summed E-state index contributed by atoms with van der Waals surface area (Å²) in [5.41, 5.74) is 1.42. The molecule has 0 radical (unpaired) electrons. The van der Waals surface area contributed by atoms with Crippen LogP contribution in [0.2, 0.25) is 0 Å². The van der Waals surface area contributed by atoms with Gasteiger partial charge in [-0.1, -0.05) is 0 Å². The number of fused-ring (bicyclic) bond motifs is 4. The topological polar surface area (TPSA) is 90.8 Å². The van der Waals surface area contributed by atoms with E-state index in [2.05, 4.69) is 30.6 Å². The van der Waals surface area contributed by atoms with E-state index in [1.54, 1.807) is 24.9 Å². The van der Waals surface area contributed by atoms with Crippen molar-refractivity contribution in [3.63, 3.8) is 0 Å². The highest BCUT2D eigenvalue weighted by molar-refractivity contribution is 5.88. The molecule has 9 nitrogen and oxygen atoms in total. The monoisotopic (exact) mass is 377 g/mol. The van der Waals surface area contributed by atoms with Crippen molar-refractivity contribution >= 4 is 22.5 Å². The minimum absolute atomic E-state index is 0.0869. The Hall–Kier alpha value is -3.18. The molecule has 0 spiro atoms. The molecule has 2 atom stereocenters. The van der Waals surface area contributed by atoms with Crippen LogP contribution in [0, 0.1) is 0 Å². The number of hydrogen-bond acceptors (Lipinski definition) is 6.